The van der Waals surface area contributed by atoms with Gasteiger partial charge in [-0.25, -0.2) is 9.97 Å². The van der Waals surface area contributed by atoms with Crippen LogP contribution >= 0.6 is 0 Å². The molecule has 4 atom stereocenters. The standard InChI is InChI=1S/C43H56N7O2Si/c1-10-18-48(41(51)30(8)40(53)27(4)5)28(6)21-39-44-25-37(45-39)35-15-14-31-22-32(12-13-33(31)23-35)34-16-17-36-38(24-34)47(9)43(46-36)50-20-11-19-49(50)42(52)29(7)26(2)3/h12-17,22-30,40H,10-11,18-21H2,1-9H3,(H,44,45). The third-order valence-corrected chi connectivity index (χ3v) is 12.5. The summed E-state index contributed by atoms with van der Waals surface area (Å²) >= 11 is 0. The summed E-state index contributed by atoms with van der Waals surface area (Å²) in [5.41, 5.74) is 6.38. The van der Waals surface area contributed by atoms with Crippen LogP contribution in [0.3, 0.4) is 0 Å². The topological polar surface area (TPSA) is 90.4 Å². The molecule has 1 saturated heterocycles. The van der Waals surface area contributed by atoms with Crippen molar-refractivity contribution in [3.8, 4) is 22.4 Å². The molecule has 0 bridgehead atoms. The lowest BCUT2D eigenvalue weighted by atomic mass is 9.95. The van der Waals surface area contributed by atoms with E-state index in [0.29, 0.717) is 12.3 Å². The predicted molar refractivity (Wildman–Crippen MR) is 218 cm³/mol. The van der Waals surface area contributed by atoms with Crippen LogP contribution in [0.5, 0.6) is 0 Å². The molecule has 0 aliphatic carbocycles. The molecule has 279 valence electrons. The van der Waals surface area contributed by atoms with Gasteiger partial charge in [-0.2, -0.15) is 0 Å². The summed E-state index contributed by atoms with van der Waals surface area (Å²) in [7, 11) is 5.86. The molecule has 2 aromatic heterocycles. The molecular weight excluding hydrogens is 675 g/mol. The first-order chi connectivity index (χ1) is 25.3. The van der Waals surface area contributed by atoms with Gasteiger partial charge in [0.15, 0.2) is 0 Å². The summed E-state index contributed by atoms with van der Waals surface area (Å²) in [4.78, 5) is 42.1. The molecule has 0 spiro atoms. The monoisotopic (exact) mass is 730 g/mol. The van der Waals surface area contributed by atoms with Crippen molar-refractivity contribution in [2.24, 2.45) is 30.7 Å². The van der Waals surface area contributed by atoms with Gasteiger partial charge in [0.05, 0.1) is 22.9 Å². The zero-order valence-corrected chi connectivity index (χ0v) is 34.0. The number of nitrogens with one attached hydrogen (secondary N) is 1. The van der Waals surface area contributed by atoms with Crippen molar-refractivity contribution < 1.29 is 9.59 Å². The number of benzene rings is 3. The Morgan fingerprint density at radius 1 is 0.868 bits per heavy atom. The normalized spacial score (nSPS) is 15.8. The Hall–Kier alpha value is -4.44. The summed E-state index contributed by atoms with van der Waals surface area (Å²) in [6.07, 6.45) is 4.41. The van der Waals surface area contributed by atoms with E-state index in [1.54, 1.807) is 0 Å². The first-order valence-electron chi connectivity index (χ1n) is 19.4. The molecule has 1 aliphatic rings. The van der Waals surface area contributed by atoms with Crippen LogP contribution in [0, 0.1) is 23.7 Å². The molecule has 10 heteroatoms. The van der Waals surface area contributed by atoms with Crippen LogP contribution in [0.25, 0.3) is 44.2 Å². The van der Waals surface area contributed by atoms with Crippen LogP contribution in [0.2, 0.25) is 5.54 Å². The fourth-order valence-electron chi connectivity index (χ4n) is 7.53. The van der Waals surface area contributed by atoms with Gasteiger partial charge in [0, 0.05) is 66.8 Å². The quantitative estimate of drug-likeness (QED) is 0.123. The van der Waals surface area contributed by atoms with Crippen LogP contribution in [0.4, 0.5) is 5.95 Å². The zero-order chi connectivity index (χ0) is 38.1. The Labute approximate surface area is 318 Å². The number of hydrazine groups is 1. The Bertz CT molecular complexity index is 2080. The molecule has 1 fully saturated rings. The van der Waals surface area contributed by atoms with Crippen LogP contribution in [0.1, 0.15) is 74.1 Å². The van der Waals surface area contributed by atoms with E-state index in [2.05, 4.69) is 121 Å². The van der Waals surface area contributed by atoms with Gasteiger partial charge < -0.3 is 14.5 Å². The number of rotatable bonds is 13. The molecule has 1 aliphatic heterocycles. The number of carbonyl (C=O) groups is 2. The van der Waals surface area contributed by atoms with Gasteiger partial charge in [-0.1, -0.05) is 78.8 Å². The summed E-state index contributed by atoms with van der Waals surface area (Å²) < 4.78 is 2.11. The van der Waals surface area contributed by atoms with Crippen LogP contribution in [0.15, 0.2) is 60.8 Å². The predicted octanol–water partition coefficient (Wildman–Crippen LogP) is 8.45. The molecule has 53 heavy (non-hydrogen) atoms. The highest BCUT2D eigenvalue weighted by Gasteiger charge is 2.34. The van der Waals surface area contributed by atoms with E-state index >= 15 is 0 Å². The van der Waals surface area contributed by atoms with Crippen molar-refractivity contribution in [1.29, 1.82) is 0 Å². The van der Waals surface area contributed by atoms with E-state index in [0.717, 1.165) is 88.4 Å². The summed E-state index contributed by atoms with van der Waals surface area (Å²) in [5.74, 6) is 2.55. The minimum Gasteiger partial charge on any atom is -0.342 e. The second-order valence-electron chi connectivity index (χ2n) is 15.8. The Kier molecular flexibility index (Phi) is 11.5. The highest BCUT2D eigenvalue weighted by Crippen LogP contribution is 2.33. The maximum absolute atomic E-state index is 13.5. The second-order valence-corrected chi connectivity index (χ2v) is 16.5. The molecule has 9 nitrogen and oxygen atoms in total. The number of aryl methyl sites for hydroxylation is 1. The number of fused-ring (bicyclic) bond motifs is 2. The smallest absolute Gasteiger partial charge is 0.244 e. The van der Waals surface area contributed by atoms with E-state index in [4.69, 9.17) is 9.97 Å². The van der Waals surface area contributed by atoms with Gasteiger partial charge in [-0.15, -0.1) is 0 Å². The number of aromatic nitrogens is 4. The molecular formula is C43H56N7O2Si. The average molecular weight is 731 g/mol. The first-order valence-corrected chi connectivity index (χ1v) is 20.0. The van der Waals surface area contributed by atoms with Gasteiger partial charge in [-0.05, 0) is 83.3 Å². The van der Waals surface area contributed by atoms with Gasteiger partial charge in [-0.3, -0.25) is 19.6 Å². The van der Waals surface area contributed by atoms with E-state index < -0.39 is 0 Å². The molecule has 3 aromatic carbocycles. The fourth-order valence-corrected chi connectivity index (χ4v) is 7.68. The van der Waals surface area contributed by atoms with Crippen LogP contribution in [-0.2, 0) is 23.1 Å². The summed E-state index contributed by atoms with van der Waals surface area (Å²) in [5, 5.41) is 6.27. The largest absolute Gasteiger partial charge is 0.342 e. The SMILES string of the molecule is CCCN(C(=O)C(C)C([Si])C(C)C)C(C)Cc1ncc(-c2ccc3cc(-c4ccc5nc(N6CCCN6C(=O)C(C)C(C)C)n(C)c5c4)ccc3c2)[nH]1. The summed E-state index contributed by atoms with van der Waals surface area (Å²) in [6, 6.07) is 19.6. The van der Waals surface area contributed by atoms with Crippen molar-refractivity contribution in [1.82, 2.24) is 29.4 Å². The second kappa shape index (κ2) is 15.9. The van der Waals surface area contributed by atoms with Gasteiger partial charge in [0.1, 0.15) is 5.82 Å². The molecule has 1 N–H and O–H groups in total. The van der Waals surface area contributed by atoms with E-state index in [1.165, 1.54) is 0 Å². The van der Waals surface area contributed by atoms with E-state index in [1.807, 2.05) is 37.0 Å². The van der Waals surface area contributed by atoms with Gasteiger partial charge >= 0.3 is 0 Å². The molecule has 3 heterocycles. The number of amides is 2. The van der Waals surface area contributed by atoms with Crippen LogP contribution in [-0.4, -0.2) is 77.2 Å². The average Bonchev–Trinajstić information content (AvgIpc) is 3.90. The number of carbonyl (C=O) groups excluding carboxylic acids is 2. The lowest BCUT2D eigenvalue weighted by molar-refractivity contribution is -0.137. The van der Waals surface area contributed by atoms with Crippen molar-refractivity contribution in [2.75, 3.05) is 24.6 Å². The third-order valence-electron chi connectivity index (χ3n) is 11.3. The highest BCUT2D eigenvalue weighted by atomic mass is 28.1. The van der Waals surface area contributed by atoms with Crippen molar-refractivity contribution in [2.45, 2.75) is 86.2 Å². The summed E-state index contributed by atoms with van der Waals surface area (Å²) in [6.45, 7) is 19.0. The van der Waals surface area contributed by atoms with Gasteiger partial charge in [0.2, 0.25) is 17.8 Å². The number of imidazole rings is 2. The number of anilines is 1. The van der Waals surface area contributed by atoms with Crippen LogP contribution < -0.4 is 5.01 Å². The number of aromatic amines is 1. The fraction of sp³-hybridized carbons (Fsp3) is 0.488. The maximum Gasteiger partial charge on any atom is 0.244 e. The highest BCUT2D eigenvalue weighted by molar-refractivity contribution is 6.13. The number of H-pyrrole nitrogens is 1. The minimum atomic E-state index is -0.0976. The molecule has 6 rings (SSSR count). The van der Waals surface area contributed by atoms with Crippen molar-refractivity contribution in [3.05, 3.63) is 66.6 Å². The van der Waals surface area contributed by atoms with Crippen molar-refractivity contribution in [3.63, 3.8) is 0 Å². The van der Waals surface area contributed by atoms with Gasteiger partial charge in [0.25, 0.3) is 0 Å². The minimum absolute atomic E-state index is 0.0276. The molecule has 5 aromatic rings. The molecule has 2 amide bonds. The Morgan fingerprint density at radius 3 is 2.21 bits per heavy atom. The molecule has 3 radical (unpaired) electrons. The zero-order valence-electron chi connectivity index (χ0n) is 33.0. The van der Waals surface area contributed by atoms with Crippen molar-refractivity contribution >= 4 is 49.8 Å². The molecule has 0 saturated carbocycles. The number of hydrogen-bond donors (Lipinski definition) is 1. The van der Waals surface area contributed by atoms with E-state index in [-0.39, 0.29) is 41.2 Å². The lowest BCUT2D eigenvalue weighted by Crippen LogP contribution is -2.45. The molecule has 4 unspecified atom stereocenters. The van der Waals surface area contributed by atoms with E-state index in [9.17, 15) is 9.59 Å². The Morgan fingerprint density at radius 2 is 1.53 bits per heavy atom. The first kappa shape index (κ1) is 38.3. The lowest BCUT2D eigenvalue weighted by Gasteiger charge is -2.34. The number of hydrogen-bond acceptors (Lipinski definition) is 5. The maximum atomic E-state index is 13.5. The third kappa shape index (κ3) is 7.79. The Balaban J connectivity index is 1.18. The number of nitrogens with zero attached hydrogens (tertiary/aromatic N) is 6.